The highest BCUT2D eigenvalue weighted by atomic mass is 16.5. The van der Waals surface area contributed by atoms with Crippen LogP contribution in [0.15, 0.2) is 24.3 Å². The molecule has 0 spiro atoms. The molecule has 1 aliphatic rings. The summed E-state index contributed by atoms with van der Waals surface area (Å²) in [7, 11) is 1.69. The smallest absolute Gasteiger partial charge is 0.118 e. The topological polar surface area (TPSA) is 30.5 Å². The van der Waals surface area contributed by atoms with Crippen LogP contribution in [0.2, 0.25) is 0 Å². The summed E-state index contributed by atoms with van der Waals surface area (Å²) in [6.07, 6.45) is 2.64. The SMILES string of the molecule is COc1ccc([C@@H](C)NCC2CCC(C)(C)O2)cc1. The Morgan fingerprint density at radius 1 is 1.37 bits per heavy atom. The molecule has 2 atom stereocenters. The van der Waals surface area contributed by atoms with Crippen LogP contribution >= 0.6 is 0 Å². The van der Waals surface area contributed by atoms with Gasteiger partial charge in [0.15, 0.2) is 0 Å². The van der Waals surface area contributed by atoms with Gasteiger partial charge in [-0.25, -0.2) is 0 Å². The van der Waals surface area contributed by atoms with E-state index in [-0.39, 0.29) is 5.60 Å². The quantitative estimate of drug-likeness (QED) is 0.884. The normalized spacial score (nSPS) is 23.3. The first-order chi connectivity index (χ1) is 9.00. The van der Waals surface area contributed by atoms with Crippen LogP contribution in [0.4, 0.5) is 0 Å². The zero-order chi connectivity index (χ0) is 13.9. The van der Waals surface area contributed by atoms with Gasteiger partial charge in [0.1, 0.15) is 5.75 Å². The Morgan fingerprint density at radius 3 is 2.58 bits per heavy atom. The zero-order valence-electron chi connectivity index (χ0n) is 12.4. The van der Waals surface area contributed by atoms with Crippen molar-refractivity contribution in [3.05, 3.63) is 29.8 Å². The van der Waals surface area contributed by atoms with Crippen molar-refractivity contribution < 1.29 is 9.47 Å². The molecule has 19 heavy (non-hydrogen) atoms. The summed E-state index contributed by atoms with van der Waals surface area (Å²) in [5, 5.41) is 3.55. The van der Waals surface area contributed by atoms with E-state index in [1.165, 1.54) is 5.56 Å². The summed E-state index contributed by atoms with van der Waals surface area (Å²) >= 11 is 0. The van der Waals surface area contributed by atoms with Crippen molar-refractivity contribution in [3.63, 3.8) is 0 Å². The second-order valence-corrected chi connectivity index (χ2v) is 5.94. The number of methoxy groups -OCH3 is 1. The molecule has 0 amide bonds. The van der Waals surface area contributed by atoms with Crippen LogP contribution in [-0.4, -0.2) is 25.4 Å². The number of ether oxygens (including phenoxy) is 2. The maximum absolute atomic E-state index is 5.99. The van der Waals surface area contributed by atoms with E-state index >= 15 is 0 Å². The first-order valence-electron chi connectivity index (χ1n) is 7.05. The van der Waals surface area contributed by atoms with Crippen LogP contribution < -0.4 is 10.1 Å². The van der Waals surface area contributed by atoms with E-state index < -0.39 is 0 Å². The third-order valence-corrected chi connectivity index (χ3v) is 3.82. The summed E-state index contributed by atoms with van der Waals surface area (Å²) in [6.45, 7) is 7.43. The second kappa shape index (κ2) is 5.93. The molecule has 3 nitrogen and oxygen atoms in total. The van der Waals surface area contributed by atoms with E-state index in [0.29, 0.717) is 12.1 Å². The Balaban J connectivity index is 1.82. The maximum atomic E-state index is 5.99. The molecule has 0 aliphatic carbocycles. The van der Waals surface area contributed by atoms with E-state index in [2.05, 4.69) is 38.2 Å². The molecule has 1 heterocycles. The molecule has 1 saturated heterocycles. The lowest BCUT2D eigenvalue weighted by Crippen LogP contribution is -2.31. The summed E-state index contributed by atoms with van der Waals surface area (Å²) in [5.74, 6) is 0.900. The summed E-state index contributed by atoms with van der Waals surface area (Å²) < 4.78 is 11.2. The van der Waals surface area contributed by atoms with Gasteiger partial charge >= 0.3 is 0 Å². The van der Waals surface area contributed by atoms with Gasteiger partial charge in [-0.05, 0) is 51.3 Å². The van der Waals surface area contributed by atoms with E-state index in [0.717, 1.165) is 25.1 Å². The van der Waals surface area contributed by atoms with Crippen molar-refractivity contribution in [2.75, 3.05) is 13.7 Å². The van der Waals surface area contributed by atoms with Crippen LogP contribution in [0.1, 0.15) is 45.2 Å². The molecule has 1 N–H and O–H groups in total. The molecule has 106 valence electrons. The monoisotopic (exact) mass is 263 g/mol. The number of rotatable bonds is 5. The summed E-state index contributed by atoms with van der Waals surface area (Å²) in [4.78, 5) is 0. The van der Waals surface area contributed by atoms with Gasteiger partial charge in [0.2, 0.25) is 0 Å². The third kappa shape index (κ3) is 3.95. The predicted octanol–water partition coefficient (Wildman–Crippen LogP) is 3.30. The van der Waals surface area contributed by atoms with E-state index in [9.17, 15) is 0 Å². The molecule has 1 aromatic rings. The molecular formula is C16H25NO2. The van der Waals surface area contributed by atoms with Gasteiger partial charge in [0.05, 0.1) is 18.8 Å². The lowest BCUT2D eigenvalue weighted by Gasteiger charge is -2.21. The Bertz CT molecular complexity index is 400. The molecule has 1 unspecified atom stereocenters. The van der Waals surface area contributed by atoms with Gasteiger partial charge in [-0.3, -0.25) is 0 Å². The first-order valence-corrected chi connectivity index (χ1v) is 7.05. The lowest BCUT2D eigenvalue weighted by molar-refractivity contribution is -0.0150. The van der Waals surface area contributed by atoms with Gasteiger partial charge in [-0.1, -0.05) is 12.1 Å². The van der Waals surface area contributed by atoms with Crippen LogP contribution in [-0.2, 0) is 4.74 Å². The minimum Gasteiger partial charge on any atom is -0.497 e. The van der Waals surface area contributed by atoms with Crippen molar-refractivity contribution in [1.29, 1.82) is 0 Å². The minimum atomic E-state index is 0.0513. The van der Waals surface area contributed by atoms with Crippen LogP contribution in [0.25, 0.3) is 0 Å². The van der Waals surface area contributed by atoms with Crippen molar-refractivity contribution in [3.8, 4) is 5.75 Å². The zero-order valence-corrected chi connectivity index (χ0v) is 12.4. The molecule has 1 aliphatic heterocycles. The molecule has 0 aromatic heterocycles. The highest BCUT2D eigenvalue weighted by molar-refractivity contribution is 5.28. The third-order valence-electron chi connectivity index (χ3n) is 3.82. The van der Waals surface area contributed by atoms with E-state index in [1.54, 1.807) is 7.11 Å². The molecule has 1 fully saturated rings. The van der Waals surface area contributed by atoms with Crippen molar-refractivity contribution in [1.82, 2.24) is 5.32 Å². The first kappa shape index (κ1) is 14.4. The molecule has 3 heteroatoms. The van der Waals surface area contributed by atoms with Crippen LogP contribution in [0.5, 0.6) is 5.75 Å². The Morgan fingerprint density at radius 2 is 2.05 bits per heavy atom. The average Bonchev–Trinajstić information content (AvgIpc) is 2.76. The Hall–Kier alpha value is -1.06. The highest BCUT2D eigenvalue weighted by Crippen LogP contribution is 2.29. The van der Waals surface area contributed by atoms with Gasteiger partial charge < -0.3 is 14.8 Å². The molecule has 0 saturated carbocycles. The average molecular weight is 263 g/mol. The fourth-order valence-corrected chi connectivity index (χ4v) is 2.54. The Kier molecular flexibility index (Phi) is 4.48. The largest absolute Gasteiger partial charge is 0.497 e. The van der Waals surface area contributed by atoms with E-state index in [1.807, 2.05) is 12.1 Å². The fourth-order valence-electron chi connectivity index (χ4n) is 2.54. The highest BCUT2D eigenvalue weighted by Gasteiger charge is 2.31. The second-order valence-electron chi connectivity index (χ2n) is 5.94. The minimum absolute atomic E-state index is 0.0513. The Labute approximate surface area is 116 Å². The molecule has 0 radical (unpaired) electrons. The van der Waals surface area contributed by atoms with Crippen molar-refractivity contribution >= 4 is 0 Å². The maximum Gasteiger partial charge on any atom is 0.118 e. The molecule has 2 rings (SSSR count). The number of nitrogens with one attached hydrogen (secondary N) is 1. The number of hydrogen-bond donors (Lipinski definition) is 1. The van der Waals surface area contributed by atoms with Gasteiger partial charge in [0, 0.05) is 12.6 Å². The molecular weight excluding hydrogens is 238 g/mol. The van der Waals surface area contributed by atoms with E-state index in [4.69, 9.17) is 9.47 Å². The van der Waals surface area contributed by atoms with Crippen LogP contribution in [0, 0.1) is 0 Å². The van der Waals surface area contributed by atoms with Crippen molar-refractivity contribution in [2.45, 2.75) is 51.4 Å². The van der Waals surface area contributed by atoms with Crippen LogP contribution in [0.3, 0.4) is 0 Å². The summed E-state index contributed by atoms with van der Waals surface area (Å²) in [6, 6.07) is 8.55. The fraction of sp³-hybridized carbons (Fsp3) is 0.625. The summed E-state index contributed by atoms with van der Waals surface area (Å²) in [5.41, 5.74) is 1.33. The van der Waals surface area contributed by atoms with Crippen molar-refractivity contribution in [2.24, 2.45) is 0 Å². The molecule has 1 aromatic carbocycles. The van der Waals surface area contributed by atoms with Gasteiger partial charge in [0.25, 0.3) is 0 Å². The van der Waals surface area contributed by atoms with Gasteiger partial charge in [-0.2, -0.15) is 0 Å². The number of hydrogen-bond acceptors (Lipinski definition) is 3. The predicted molar refractivity (Wildman–Crippen MR) is 77.6 cm³/mol. The lowest BCUT2D eigenvalue weighted by atomic mass is 10.1. The number of benzene rings is 1. The molecule has 0 bridgehead atoms. The standard InChI is InChI=1S/C16H25NO2/c1-12(13-5-7-14(18-4)8-6-13)17-11-15-9-10-16(2,3)19-15/h5-8,12,15,17H,9-11H2,1-4H3/t12-,15?/m1/s1. The van der Waals surface area contributed by atoms with Gasteiger partial charge in [-0.15, -0.1) is 0 Å².